The van der Waals surface area contributed by atoms with Gasteiger partial charge >= 0.3 is 11.9 Å². The number of amides is 2. The van der Waals surface area contributed by atoms with Crippen LogP contribution in [0, 0.1) is 10.1 Å². The molecule has 15 heteroatoms. The van der Waals surface area contributed by atoms with Crippen molar-refractivity contribution in [2.24, 2.45) is 5.73 Å². The van der Waals surface area contributed by atoms with Crippen molar-refractivity contribution in [1.29, 1.82) is 0 Å². The number of nitrogens with two attached hydrogens (primary N) is 1. The smallest absolute Gasteiger partial charge is 0.322 e. The van der Waals surface area contributed by atoms with Gasteiger partial charge in [0, 0.05) is 24.3 Å². The fourth-order valence-electron chi connectivity index (χ4n) is 2.38. The molecule has 0 aliphatic heterocycles. The summed E-state index contributed by atoms with van der Waals surface area (Å²) in [6, 6.07) is 2.86. The van der Waals surface area contributed by atoms with Gasteiger partial charge in [-0.2, -0.15) is 0 Å². The molecule has 0 aliphatic rings. The van der Waals surface area contributed by atoms with E-state index in [1.807, 2.05) is 0 Å². The molecule has 0 fully saturated rings. The molecule has 3 atom stereocenters. The van der Waals surface area contributed by atoms with E-state index in [4.69, 9.17) is 20.7 Å². The van der Waals surface area contributed by atoms with E-state index in [1.165, 1.54) is 24.3 Å². The predicted octanol–water partition coefficient (Wildman–Crippen LogP) is -1.05. The lowest BCUT2D eigenvalue weighted by Gasteiger charge is -2.21. The number of aliphatic hydroxyl groups is 1. The highest BCUT2D eigenvalue weighted by atomic mass is 32.2. The lowest BCUT2D eigenvalue weighted by molar-refractivity contribution is -0.384. The van der Waals surface area contributed by atoms with Crippen molar-refractivity contribution in [2.75, 3.05) is 25.5 Å². The first-order valence-corrected chi connectivity index (χ1v) is 10.9. The second-order valence-electron chi connectivity index (χ2n) is 6.91. The number of carboxylic acid groups (broad SMARTS) is 2. The van der Waals surface area contributed by atoms with E-state index >= 15 is 0 Å². The van der Waals surface area contributed by atoms with Crippen LogP contribution in [0.4, 0.5) is 5.69 Å². The van der Waals surface area contributed by atoms with Crippen molar-refractivity contribution < 1.29 is 44.2 Å². The minimum absolute atomic E-state index is 0.0240. The Bertz CT molecular complexity index is 867. The van der Waals surface area contributed by atoms with Crippen molar-refractivity contribution >= 4 is 41.2 Å². The summed E-state index contributed by atoms with van der Waals surface area (Å²) in [6.07, 6.45) is -0.437. The zero-order valence-corrected chi connectivity index (χ0v) is 18.7. The van der Waals surface area contributed by atoms with Crippen molar-refractivity contribution in [3.8, 4) is 5.75 Å². The summed E-state index contributed by atoms with van der Waals surface area (Å²) in [5, 5.41) is 41.8. The van der Waals surface area contributed by atoms with Gasteiger partial charge in [-0.1, -0.05) is 0 Å². The number of thioether (sulfide) groups is 1. The van der Waals surface area contributed by atoms with Crippen LogP contribution < -0.4 is 21.1 Å². The highest BCUT2D eigenvalue weighted by molar-refractivity contribution is 8.00. The number of nitro groups is 1. The van der Waals surface area contributed by atoms with Gasteiger partial charge in [0.05, 0.1) is 16.8 Å². The Morgan fingerprint density at radius 2 is 1.82 bits per heavy atom. The van der Waals surface area contributed by atoms with Crippen LogP contribution in [0.15, 0.2) is 24.3 Å². The SMILES string of the molecule is N[C@@H](CCC(=O)N[C@H](CS[C@H](CO)COc1ccc([N+](=O)[O-])cc1)C(=O)NCC(=O)O)C(=O)O. The van der Waals surface area contributed by atoms with Gasteiger partial charge in [0.1, 0.15) is 31.0 Å². The molecule has 1 aromatic rings. The van der Waals surface area contributed by atoms with E-state index < -0.39 is 52.6 Å². The first-order valence-electron chi connectivity index (χ1n) is 9.90. The summed E-state index contributed by atoms with van der Waals surface area (Å²) in [7, 11) is 0. The van der Waals surface area contributed by atoms with Gasteiger partial charge in [0.25, 0.3) is 5.69 Å². The number of carboxylic acids is 2. The number of aliphatic hydroxyl groups excluding tert-OH is 1. The monoisotopic (exact) mass is 502 g/mol. The Kier molecular flexibility index (Phi) is 12.3. The molecule has 14 nitrogen and oxygen atoms in total. The van der Waals surface area contributed by atoms with E-state index in [2.05, 4.69) is 10.6 Å². The number of nitro benzene ring substituents is 1. The number of hydrogen-bond acceptors (Lipinski definition) is 10. The molecule has 0 spiro atoms. The second kappa shape index (κ2) is 14.7. The molecule has 1 aromatic carbocycles. The van der Waals surface area contributed by atoms with Crippen LogP contribution in [-0.4, -0.2) is 86.8 Å². The summed E-state index contributed by atoms with van der Waals surface area (Å²) >= 11 is 1.07. The number of benzene rings is 1. The van der Waals surface area contributed by atoms with Gasteiger partial charge in [-0.3, -0.25) is 29.3 Å². The molecule has 0 aromatic heterocycles. The summed E-state index contributed by atoms with van der Waals surface area (Å²) in [5.74, 6) is -3.74. The molecule has 0 bridgehead atoms. The number of aliphatic carboxylic acids is 2. The molecule has 188 valence electrons. The molecule has 1 rings (SSSR count). The number of nitrogens with zero attached hydrogens (tertiary/aromatic N) is 1. The van der Waals surface area contributed by atoms with Gasteiger partial charge in [-0.25, -0.2) is 0 Å². The van der Waals surface area contributed by atoms with Crippen LogP contribution in [-0.2, 0) is 19.2 Å². The normalized spacial score (nSPS) is 13.2. The van der Waals surface area contributed by atoms with Crippen LogP contribution in [0.1, 0.15) is 12.8 Å². The molecule has 0 saturated heterocycles. The van der Waals surface area contributed by atoms with Crippen molar-refractivity contribution in [3.05, 3.63) is 34.4 Å². The first-order chi connectivity index (χ1) is 16.0. The van der Waals surface area contributed by atoms with E-state index in [9.17, 15) is 34.4 Å². The van der Waals surface area contributed by atoms with E-state index in [-0.39, 0.29) is 37.5 Å². The van der Waals surface area contributed by atoms with Gasteiger partial charge in [-0.05, 0) is 18.6 Å². The van der Waals surface area contributed by atoms with E-state index in [1.54, 1.807) is 0 Å². The molecule has 0 unspecified atom stereocenters. The number of hydrogen-bond donors (Lipinski definition) is 6. The zero-order valence-electron chi connectivity index (χ0n) is 17.9. The first kappa shape index (κ1) is 28.6. The van der Waals surface area contributed by atoms with Gasteiger partial charge in [0.15, 0.2) is 0 Å². The summed E-state index contributed by atoms with van der Waals surface area (Å²) < 4.78 is 5.50. The number of carbonyl (C=O) groups is 4. The number of nitrogens with one attached hydrogen (secondary N) is 2. The molecule has 2 amide bonds. The quantitative estimate of drug-likeness (QED) is 0.117. The molecular formula is C19H26N4O10S. The fourth-order valence-corrected chi connectivity index (χ4v) is 3.35. The van der Waals surface area contributed by atoms with Gasteiger partial charge in [-0.15, -0.1) is 11.8 Å². The molecule has 34 heavy (non-hydrogen) atoms. The van der Waals surface area contributed by atoms with Crippen molar-refractivity contribution in [2.45, 2.75) is 30.2 Å². The molecule has 0 radical (unpaired) electrons. The number of ether oxygens (including phenoxy) is 1. The number of rotatable bonds is 16. The maximum absolute atomic E-state index is 12.3. The summed E-state index contributed by atoms with van der Waals surface area (Å²) in [4.78, 5) is 56.1. The van der Waals surface area contributed by atoms with Crippen LogP contribution in [0.25, 0.3) is 0 Å². The standard InChI is InChI=1S/C19H26N4O10S/c20-14(19(29)30)5-6-16(25)22-15(18(28)21-7-17(26)27)10-34-13(8-24)9-33-12-3-1-11(2-4-12)23(31)32/h1-4,13-15,24H,5-10,20H2,(H,21,28)(H,22,25)(H,26,27)(H,29,30)/t13-,14+,15-/m1/s1. The third-order valence-electron chi connectivity index (χ3n) is 4.25. The Morgan fingerprint density at radius 1 is 1.18 bits per heavy atom. The minimum Gasteiger partial charge on any atom is -0.492 e. The third kappa shape index (κ3) is 10.9. The largest absolute Gasteiger partial charge is 0.492 e. The number of non-ortho nitro benzene ring substituents is 1. The highest BCUT2D eigenvalue weighted by Gasteiger charge is 2.24. The lowest BCUT2D eigenvalue weighted by atomic mass is 10.1. The van der Waals surface area contributed by atoms with Crippen LogP contribution >= 0.6 is 11.8 Å². The van der Waals surface area contributed by atoms with Crippen molar-refractivity contribution in [3.63, 3.8) is 0 Å². The lowest BCUT2D eigenvalue weighted by Crippen LogP contribution is -2.50. The van der Waals surface area contributed by atoms with E-state index in [0.717, 1.165) is 11.8 Å². The average molecular weight is 503 g/mol. The van der Waals surface area contributed by atoms with Crippen molar-refractivity contribution in [1.82, 2.24) is 10.6 Å². The van der Waals surface area contributed by atoms with Gasteiger partial charge in [0.2, 0.25) is 11.8 Å². The predicted molar refractivity (Wildman–Crippen MR) is 119 cm³/mol. The highest BCUT2D eigenvalue weighted by Crippen LogP contribution is 2.19. The molecule has 0 saturated carbocycles. The molecule has 0 aliphatic carbocycles. The maximum Gasteiger partial charge on any atom is 0.322 e. The Balaban J connectivity index is 2.68. The van der Waals surface area contributed by atoms with Crippen LogP contribution in [0.5, 0.6) is 5.75 Å². The van der Waals surface area contributed by atoms with Crippen LogP contribution in [0.2, 0.25) is 0 Å². The Hall–Kier alpha value is -3.43. The third-order valence-corrected chi connectivity index (χ3v) is 5.53. The molecule has 0 heterocycles. The molecular weight excluding hydrogens is 476 g/mol. The fraction of sp³-hybridized carbons (Fsp3) is 0.474. The summed E-state index contributed by atoms with van der Waals surface area (Å²) in [5.41, 5.74) is 5.24. The topological polar surface area (TPSA) is 231 Å². The average Bonchev–Trinajstić information content (AvgIpc) is 2.80. The van der Waals surface area contributed by atoms with E-state index in [0.29, 0.717) is 5.75 Å². The molecule has 7 N–H and O–H groups in total. The second-order valence-corrected chi connectivity index (χ2v) is 8.25. The Labute approximate surface area is 198 Å². The maximum atomic E-state index is 12.3. The summed E-state index contributed by atoms with van der Waals surface area (Å²) in [6.45, 7) is -1.06. The zero-order chi connectivity index (χ0) is 25.7. The van der Waals surface area contributed by atoms with Crippen LogP contribution in [0.3, 0.4) is 0 Å². The minimum atomic E-state index is -1.29. The van der Waals surface area contributed by atoms with Gasteiger partial charge < -0.3 is 36.4 Å². The Morgan fingerprint density at radius 3 is 2.35 bits per heavy atom. The number of carbonyl (C=O) groups excluding carboxylic acids is 2.